The van der Waals surface area contributed by atoms with Crippen LogP contribution in [0.1, 0.15) is 25.2 Å². The minimum absolute atomic E-state index is 0.195. The van der Waals surface area contributed by atoms with Crippen molar-refractivity contribution in [2.75, 3.05) is 13.2 Å². The summed E-state index contributed by atoms with van der Waals surface area (Å²) < 4.78 is 5.71. The molecule has 2 amide bonds. The molecule has 3 N–H and O–H groups in total. The Kier molecular flexibility index (Phi) is 6.30. The predicted molar refractivity (Wildman–Crippen MR) is 107 cm³/mol. The van der Waals surface area contributed by atoms with Gasteiger partial charge >= 0.3 is 6.03 Å². The molecule has 2 aromatic carbocycles. The third kappa shape index (κ3) is 5.74. The fraction of sp³-hybridized carbons (Fsp3) is 0.333. The van der Waals surface area contributed by atoms with Gasteiger partial charge in [0, 0.05) is 19.5 Å². The number of urea groups is 1. The van der Waals surface area contributed by atoms with Crippen molar-refractivity contribution < 1.29 is 9.53 Å². The van der Waals surface area contributed by atoms with Crippen LogP contribution in [0.2, 0.25) is 0 Å². The smallest absolute Gasteiger partial charge is 0.315 e. The molecule has 0 radical (unpaired) electrons. The summed E-state index contributed by atoms with van der Waals surface area (Å²) in [6.07, 6.45) is 0.653. The molecule has 6 nitrogen and oxygen atoms in total. The maximum Gasteiger partial charge on any atom is 0.315 e. The molecule has 27 heavy (non-hydrogen) atoms. The first kappa shape index (κ1) is 18.8. The molecule has 0 aliphatic carbocycles. The normalized spacial score (nSPS) is 10.9. The van der Waals surface area contributed by atoms with Gasteiger partial charge in [-0.15, -0.1) is 0 Å². The van der Waals surface area contributed by atoms with Gasteiger partial charge in [0.25, 0.3) is 0 Å². The highest BCUT2D eigenvalue weighted by Crippen LogP contribution is 2.14. The first-order chi connectivity index (χ1) is 13.1. The van der Waals surface area contributed by atoms with E-state index < -0.39 is 0 Å². The number of fused-ring (bicyclic) bond motifs is 1. The summed E-state index contributed by atoms with van der Waals surface area (Å²) in [5.74, 6) is 2.17. The third-order valence-electron chi connectivity index (χ3n) is 4.02. The van der Waals surface area contributed by atoms with Crippen LogP contribution in [-0.4, -0.2) is 29.2 Å². The number of ether oxygens (including phenoxy) is 1. The lowest BCUT2D eigenvalue weighted by Gasteiger charge is -2.11. The van der Waals surface area contributed by atoms with Gasteiger partial charge in [-0.1, -0.05) is 38.1 Å². The van der Waals surface area contributed by atoms with Gasteiger partial charge in [-0.2, -0.15) is 0 Å². The zero-order chi connectivity index (χ0) is 19.1. The van der Waals surface area contributed by atoms with E-state index >= 15 is 0 Å². The highest BCUT2D eigenvalue weighted by atomic mass is 16.5. The van der Waals surface area contributed by atoms with Crippen LogP contribution < -0.4 is 15.4 Å². The van der Waals surface area contributed by atoms with E-state index in [4.69, 9.17) is 4.74 Å². The Morgan fingerprint density at radius 1 is 1.15 bits per heavy atom. The molecular formula is C21H26N4O2. The molecule has 142 valence electrons. The average molecular weight is 366 g/mol. The van der Waals surface area contributed by atoms with Gasteiger partial charge in [-0.05, 0) is 35.7 Å². The van der Waals surface area contributed by atoms with Crippen molar-refractivity contribution in [1.29, 1.82) is 0 Å². The Labute approximate surface area is 159 Å². The van der Waals surface area contributed by atoms with Crippen LogP contribution in [0.3, 0.4) is 0 Å². The van der Waals surface area contributed by atoms with E-state index in [2.05, 4.69) is 34.4 Å². The van der Waals surface area contributed by atoms with Gasteiger partial charge in [0.1, 0.15) is 11.6 Å². The number of H-pyrrole nitrogens is 1. The molecule has 6 heteroatoms. The Hall–Kier alpha value is -3.02. The number of hydrogen-bond donors (Lipinski definition) is 3. The monoisotopic (exact) mass is 366 g/mol. The van der Waals surface area contributed by atoms with Crippen LogP contribution >= 0.6 is 0 Å². The van der Waals surface area contributed by atoms with Gasteiger partial charge in [0.05, 0.1) is 17.6 Å². The summed E-state index contributed by atoms with van der Waals surface area (Å²) in [6.45, 7) is 5.87. The zero-order valence-electron chi connectivity index (χ0n) is 15.8. The Morgan fingerprint density at radius 2 is 2.00 bits per heavy atom. The molecule has 1 aromatic heterocycles. The number of rotatable bonds is 8. The van der Waals surface area contributed by atoms with Crippen LogP contribution in [0.25, 0.3) is 11.0 Å². The van der Waals surface area contributed by atoms with E-state index in [0.717, 1.165) is 28.2 Å². The van der Waals surface area contributed by atoms with Gasteiger partial charge < -0.3 is 20.4 Å². The van der Waals surface area contributed by atoms with Crippen molar-refractivity contribution in [2.45, 2.75) is 26.8 Å². The van der Waals surface area contributed by atoms with Crippen LogP contribution in [0.4, 0.5) is 4.79 Å². The SMILES string of the molecule is CC(C)COc1cccc(CNC(=O)NCCc2nc3ccccc3[nH]2)c1. The van der Waals surface area contributed by atoms with Crippen LogP contribution in [0.15, 0.2) is 48.5 Å². The number of nitrogens with zero attached hydrogens (tertiary/aromatic N) is 1. The summed E-state index contributed by atoms with van der Waals surface area (Å²) in [5.41, 5.74) is 2.96. The molecule has 3 aromatic rings. The fourth-order valence-electron chi connectivity index (χ4n) is 2.67. The molecule has 1 heterocycles. The number of hydrogen-bond acceptors (Lipinski definition) is 3. The third-order valence-corrected chi connectivity index (χ3v) is 4.02. The Bertz CT molecular complexity index is 856. The number of amides is 2. The van der Waals surface area contributed by atoms with Crippen molar-refractivity contribution in [3.63, 3.8) is 0 Å². The van der Waals surface area contributed by atoms with Crippen LogP contribution in [-0.2, 0) is 13.0 Å². The second kappa shape index (κ2) is 9.07. The van der Waals surface area contributed by atoms with E-state index in [0.29, 0.717) is 32.0 Å². The van der Waals surface area contributed by atoms with E-state index in [1.807, 2.05) is 48.5 Å². The van der Waals surface area contributed by atoms with Gasteiger partial charge in [0.15, 0.2) is 0 Å². The topological polar surface area (TPSA) is 79.0 Å². The molecule has 0 saturated carbocycles. The number of aromatic amines is 1. The van der Waals surface area contributed by atoms with Gasteiger partial charge in [-0.3, -0.25) is 0 Å². The number of para-hydroxylation sites is 2. The molecular weight excluding hydrogens is 340 g/mol. The first-order valence-electron chi connectivity index (χ1n) is 9.27. The molecule has 0 atom stereocenters. The molecule has 0 fully saturated rings. The molecule has 0 aliphatic rings. The second-order valence-electron chi connectivity index (χ2n) is 6.91. The lowest BCUT2D eigenvalue weighted by atomic mass is 10.2. The lowest BCUT2D eigenvalue weighted by molar-refractivity contribution is 0.240. The number of aromatic nitrogens is 2. The molecule has 3 rings (SSSR count). The Balaban J connectivity index is 1.41. The van der Waals surface area contributed by atoms with E-state index in [-0.39, 0.29) is 6.03 Å². The number of carbonyl (C=O) groups excluding carboxylic acids is 1. The van der Waals surface area contributed by atoms with Crippen molar-refractivity contribution in [1.82, 2.24) is 20.6 Å². The summed E-state index contributed by atoms with van der Waals surface area (Å²) in [4.78, 5) is 19.8. The van der Waals surface area contributed by atoms with E-state index in [1.54, 1.807) is 0 Å². The zero-order valence-corrected chi connectivity index (χ0v) is 15.8. The first-order valence-corrected chi connectivity index (χ1v) is 9.27. The van der Waals surface area contributed by atoms with Crippen LogP contribution in [0.5, 0.6) is 5.75 Å². The molecule has 0 spiro atoms. The average Bonchev–Trinajstić information content (AvgIpc) is 3.08. The highest BCUT2D eigenvalue weighted by molar-refractivity contribution is 5.75. The van der Waals surface area contributed by atoms with Crippen molar-refractivity contribution in [3.8, 4) is 5.75 Å². The summed E-state index contributed by atoms with van der Waals surface area (Å²) in [6, 6.07) is 15.5. The molecule has 0 saturated heterocycles. The molecule has 0 aliphatic heterocycles. The largest absolute Gasteiger partial charge is 0.493 e. The quantitative estimate of drug-likeness (QED) is 0.569. The van der Waals surface area contributed by atoms with Crippen molar-refractivity contribution in [3.05, 3.63) is 59.9 Å². The van der Waals surface area contributed by atoms with Gasteiger partial charge in [-0.25, -0.2) is 9.78 Å². The highest BCUT2D eigenvalue weighted by Gasteiger charge is 2.05. The summed E-state index contributed by atoms with van der Waals surface area (Å²) in [5, 5.41) is 5.73. The summed E-state index contributed by atoms with van der Waals surface area (Å²) in [7, 11) is 0. The standard InChI is InChI=1S/C21H26N4O2/c1-15(2)14-27-17-7-5-6-16(12-17)13-23-21(26)22-11-10-20-24-18-8-3-4-9-19(18)25-20/h3-9,12,15H,10-11,13-14H2,1-2H3,(H,24,25)(H2,22,23,26). The maximum absolute atomic E-state index is 12.0. The van der Waals surface area contributed by atoms with E-state index in [1.165, 1.54) is 0 Å². The second-order valence-corrected chi connectivity index (χ2v) is 6.91. The minimum Gasteiger partial charge on any atom is -0.493 e. The number of carbonyl (C=O) groups is 1. The maximum atomic E-state index is 12.0. The Morgan fingerprint density at radius 3 is 2.81 bits per heavy atom. The van der Waals surface area contributed by atoms with Crippen molar-refractivity contribution in [2.24, 2.45) is 5.92 Å². The molecule has 0 unspecified atom stereocenters. The fourth-order valence-corrected chi connectivity index (χ4v) is 2.67. The van der Waals surface area contributed by atoms with E-state index in [9.17, 15) is 4.79 Å². The molecule has 0 bridgehead atoms. The number of imidazole rings is 1. The van der Waals surface area contributed by atoms with Crippen LogP contribution in [0, 0.1) is 5.92 Å². The predicted octanol–water partition coefficient (Wildman–Crippen LogP) is 3.64. The number of nitrogens with one attached hydrogen (secondary N) is 3. The lowest BCUT2D eigenvalue weighted by Crippen LogP contribution is -2.36. The van der Waals surface area contributed by atoms with Crippen molar-refractivity contribution >= 4 is 17.1 Å². The summed E-state index contributed by atoms with van der Waals surface area (Å²) >= 11 is 0. The van der Waals surface area contributed by atoms with Gasteiger partial charge in [0.2, 0.25) is 0 Å². The minimum atomic E-state index is -0.195. The number of benzene rings is 2.